The molecule has 0 unspecified atom stereocenters. The molecule has 0 amide bonds. The summed E-state index contributed by atoms with van der Waals surface area (Å²) in [5.74, 6) is 0. The standard InChI is InChI=1S/C74H54/c1-39-65(49-23-27-61-53(35-49)31-45-15-7-11-19-57(45)61)41(3)71-70(52-26-30-64-56(38-52)34-48-18-10-14-22-60(48)64)44(6)68-40(2)66(50-24-28-62-54(36-50)32-46-16-8-12-20-58(46)62)42(4)72-69(43(5)67(39)73(71)74(68)72)51-25-29-63-55(37-51)33-47-17-9-13-21-59(47)63/h7-30,35-38H,31-34H2,1-6H3. The van der Waals surface area contributed by atoms with Gasteiger partial charge in [0.2, 0.25) is 0 Å². The molecule has 0 bridgehead atoms. The van der Waals surface area contributed by atoms with Crippen LogP contribution in [0, 0.1) is 41.5 Å². The number of hydrogen-bond acceptors (Lipinski definition) is 0. The largest absolute Gasteiger partial charge is 0.0619 e. The average molecular weight is 943 g/mol. The van der Waals surface area contributed by atoms with Crippen molar-refractivity contribution in [3.63, 3.8) is 0 Å². The maximum atomic E-state index is 2.56. The number of aryl methyl sites for hydroxylation is 6. The molecule has 350 valence electrons. The minimum Gasteiger partial charge on any atom is -0.0619 e. The lowest BCUT2D eigenvalue weighted by Crippen LogP contribution is -2.05. The molecule has 0 spiro atoms. The van der Waals surface area contributed by atoms with Crippen molar-refractivity contribution in [1.29, 1.82) is 0 Å². The lowest BCUT2D eigenvalue weighted by Gasteiger charge is -2.30. The van der Waals surface area contributed by atoms with Crippen LogP contribution >= 0.6 is 0 Å². The minimum atomic E-state index is 0.960. The van der Waals surface area contributed by atoms with Crippen molar-refractivity contribution >= 4 is 32.3 Å². The summed E-state index contributed by atoms with van der Waals surface area (Å²) >= 11 is 0. The van der Waals surface area contributed by atoms with Crippen molar-refractivity contribution < 1.29 is 0 Å². The molecule has 16 rings (SSSR count). The molecule has 12 aromatic rings. The first-order chi connectivity index (χ1) is 36.2. The molecule has 0 N–H and O–H groups in total. The zero-order valence-corrected chi connectivity index (χ0v) is 43.0. The molecule has 0 atom stereocenters. The number of hydrogen-bond donors (Lipinski definition) is 0. The Labute approximate surface area is 434 Å². The van der Waals surface area contributed by atoms with E-state index in [0.29, 0.717) is 0 Å². The fourth-order valence-electron chi connectivity index (χ4n) is 15.5. The summed E-state index contributed by atoms with van der Waals surface area (Å²) in [7, 11) is 0. The molecule has 4 aliphatic carbocycles. The van der Waals surface area contributed by atoms with E-state index in [-0.39, 0.29) is 0 Å². The van der Waals surface area contributed by atoms with Crippen LogP contribution in [0.25, 0.3) is 121 Å². The van der Waals surface area contributed by atoms with Gasteiger partial charge in [0.15, 0.2) is 0 Å². The highest BCUT2D eigenvalue weighted by atomic mass is 14.4. The van der Waals surface area contributed by atoms with Gasteiger partial charge in [-0.15, -0.1) is 0 Å². The molecule has 74 heavy (non-hydrogen) atoms. The van der Waals surface area contributed by atoms with Gasteiger partial charge >= 0.3 is 0 Å². The molecular weight excluding hydrogens is 889 g/mol. The van der Waals surface area contributed by atoms with Crippen LogP contribution in [0.2, 0.25) is 0 Å². The van der Waals surface area contributed by atoms with E-state index in [1.807, 2.05) is 0 Å². The Balaban J connectivity index is 1.04. The van der Waals surface area contributed by atoms with Gasteiger partial charge in [0.25, 0.3) is 0 Å². The van der Waals surface area contributed by atoms with Gasteiger partial charge in [-0.3, -0.25) is 0 Å². The van der Waals surface area contributed by atoms with Crippen molar-refractivity contribution in [3.8, 4) is 89.0 Å². The highest BCUT2D eigenvalue weighted by molar-refractivity contribution is 6.35. The number of benzene rings is 12. The zero-order chi connectivity index (χ0) is 49.4. The monoisotopic (exact) mass is 942 g/mol. The highest BCUT2D eigenvalue weighted by Crippen LogP contribution is 2.57. The summed E-state index contributed by atoms with van der Waals surface area (Å²) in [6.07, 6.45) is 3.86. The smallest absolute Gasteiger partial charge is 0.00113 e. The zero-order valence-electron chi connectivity index (χ0n) is 43.0. The highest BCUT2D eigenvalue weighted by Gasteiger charge is 2.32. The predicted octanol–water partition coefficient (Wildman–Crippen LogP) is 19.4. The lowest BCUT2D eigenvalue weighted by molar-refractivity contribution is 1.26. The van der Waals surface area contributed by atoms with Crippen LogP contribution in [-0.2, 0) is 25.7 Å². The van der Waals surface area contributed by atoms with Gasteiger partial charge in [-0.05, 0) is 266 Å². The normalized spacial score (nSPS) is 13.3. The van der Waals surface area contributed by atoms with Gasteiger partial charge in [0, 0.05) is 0 Å². The van der Waals surface area contributed by atoms with Crippen LogP contribution < -0.4 is 0 Å². The molecule has 12 aromatic carbocycles. The minimum absolute atomic E-state index is 0.960. The summed E-state index contributed by atoms with van der Waals surface area (Å²) in [6.45, 7) is 14.7. The Morgan fingerprint density at radius 1 is 0.203 bits per heavy atom. The Bertz CT molecular complexity index is 4240. The third-order valence-electron chi connectivity index (χ3n) is 18.6. The maximum Gasteiger partial charge on any atom is -0.00113 e. The van der Waals surface area contributed by atoms with Crippen molar-refractivity contribution in [1.82, 2.24) is 0 Å². The van der Waals surface area contributed by atoms with E-state index in [9.17, 15) is 0 Å². The predicted molar refractivity (Wildman–Crippen MR) is 313 cm³/mol. The molecule has 0 aliphatic heterocycles. The van der Waals surface area contributed by atoms with Crippen molar-refractivity contribution in [2.45, 2.75) is 67.2 Å². The molecular formula is C74H54. The van der Waals surface area contributed by atoms with Crippen LogP contribution in [0.1, 0.15) is 77.9 Å². The van der Waals surface area contributed by atoms with Crippen LogP contribution in [0.5, 0.6) is 0 Å². The van der Waals surface area contributed by atoms with Crippen LogP contribution in [0.15, 0.2) is 170 Å². The molecule has 0 aromatic heterocycles. The maximum absolute atomic E-state index is 2.56. The van der Waals surface area contributed by atoms with E-state index in [2.05, 4.69) is 211 Å². The topological polar surface area (TPSA) is 0 Å². The second-order valence-corrected chi connectivity index (χ2v) is 22.3. The van der Waals surface area contributed by atoms with Crippen molar-refractivity contribution in [3.05, 3.63) is 248 Å². The van der Waals surface area contributed by atoms with Gasteiger partial charge in [-0.2, -0.15) is 0 Å². The van der Waals surface area contributed by atoms with Gasteiger partial charge < -0.3 is 0 Å². The summed E-state index contributed by atoms with van der Waals surface area (Å²) in [5, 5.41) is 8.44. The first kappa shape index (κ1) is 42.2. The molecule has 0 saturated carbocycles. The fraction of sp³-hybridized carbons (Fsp3) is 0.135. The van der Waals surface area contributed by atoms with Gasteiger partial charge in [0.1, 0.15) is 0 Å². The van der Waals surface area contributed by atoms with E-state index < -0.39 is 0 Å². The van der Waals surface area contributed by atoms with Gasteiger partial charge in [-0.25, -0.2) is 0 Å². The first-order valence-corrected chi connectivity index (χ1v) is 26.8. The fourth-order valence-corrected chi connectivity index (χ4v) is 15.5. The third-order valence-corrected chi connectivity index (χ3v) is 18.6. The third kappa shape index (κ3) is 5.58. The van der Waals surface area contributed by atoms with E-state index in [1.54, 1.807) is 0 Å². The Morgan fingerprint density at radius 3 is 0.730 bits per heavy atom. The summed E-state index contributed by atoms with van der Waals surface area (Å²) in [5.41, 5.74) is 41.4. The lowest BCUT2D eigenvalue weighted by atomic mass is 9.73. The van der Waals surface area contributed by atoms with Crippen molar-refractivity contribution in [2.24, 2.45) is 0 Å². The quantitative estimate of drug-likeness (QED) is 0.154. The molecule has 0 nitrogen and oxygen atoms in total. The molecule has 0 fully saturated rings. The summed E-state index contributed by atoms with van der Waals surface area (Å²) in [6, 6.07) is 65.6. The number of fused-ring (bicyclic) bond motifs is 12. The van der Waals surface area contributed by atoms with Gasteiger partial charge in [-0.1, -0.05) is 170 Å². The molecule has 0 saturated heterocycles. The Kier molecular flexibility index (Phi) is 8.63. The molecule has 0 radical (unpaired) electrons. The Morgan fingerprint density at radius 2 is 0.432 bits per heavy atom. The Hall–Kier alpha value is -8.32. The van der Waals surface area contributed by atoms with Crippen LogP contribution in [0.4, 0.5) is 0 Å². The average Bonchev–Trinajstić information content (AvgIpc) is 4.30. The first-order valence-electron chi connectivity index (χ1n) is 26.8. The van der Waals surface area contributed by atoms with E-state index >= 15 is 0 Å². The van der Waals surface area contributed by atoms with E-state index in [0.717, 1.165) is 25.7 Å². The van der Waals surface area contributed by atoms with Crippen molar-refractivity contribution in [2.75, 3.05) is 0 Å². The van der Waals surface area contributed by atoms with E-state index in [1.165, 1.54) is 199 Å². The number of rotatable bonds is 4. The summed E-state index contributed by atoms with van der Waals surface area (Å²) < 4.78 is 0. The summed E-state index contributed by atoms with van der Waals surface area (Å²) in [4.78, 5) is 0. The second kappa shape index (κ2) is 15.1. The molecule has 0 heterocycles. The van der Waals surface area contributed by atoms with Crippen LogP contribution in [0.3, 0.4) is 0 Å². The second-order valence-electron chi connectivity index (χ2n) is 22.3. The molecule has 0 heteroatoms. The SMILES string of the molecule is Cc1c(-c2ccc3c(c2)Cc2ccccc2-3)c(C)c2c(-c3ccc4c(c3)Cc3ccccc3-4)c(C)c3c(C)c(-c4ccc5c(c4)Cc4ccccc4-5)c(C)c4c(-c5ccc6c(c5)Cc5ccccc5-6)c(C)c1c2c34. The van der Waals surface area contributed by atoms with Gasteiger partial charge in [0.05, 0.1) is 0 Å². The van der Waals surface area contributed by atoms with Crippen LogP contribution in [-0.4, -0.2) is 0 Å². The van der Waals surface area contributed by atoms with E-state index in [4.69, 9.17) is 0 Å². The molecule has 4 aliphatic rings.